The number of esters is 1. The maximum Gasteiger partial charge on any atom is 0.338 e. The van der Waals surface area contributed by atoms with E-state index in [9.17, 15) is 4.79 Å². The average molecular weight is 282 g/mol. The molecule has 0 radical (unpaired) electrons. The highest BCUT2D eigenvalue weighted by Crippen LogP contribution is 2.22. The summed E-state index contributed by atoms with van der Waals surface area (Å²) in [6.07, 6.45) is 1.82. The van der Waals surface area contributed by atoms with Crippen LogP contribution in [0, 0.1) is 0 Å². The molecule has 3 heteroatoms. The molecular weight excluding hydrogens is 264 g/mol. The molecule has 0 aliphatic rings. The summed E-state index contributed by atoms with van der Waals surface area (Å²) in [7, 11) is 1.62. The van der Waals surface area contributed by atoms with Crippen molar-refractivity contribution < 1.29 is 14.3 Å². The van der Waals surface area contributed by atoms with Crippen molar-refractivity contribution in [3.8, 4) is 5.75 Å². The van der Waals surface area contributed by atoms with Gasteiger partial charge in [-0.25, -0.2) is 4.79 Å². The van der Waals surface area contributed by atoms with E-state index in [1.165, 1.54) is 0 Å². The standard InChI is InChI=1S/C18H18O3/c1-3-21-18(19)17(15-9-5-4-6-10-15)13-14-8-7-11-16(12-14)20-2/h4-13H,3H2,1-2H3. The summed E-state index contributed by atoms with van der Waals surface area (Å²) in [5, 5.41) is 0. The molecule has 21 heavy (non-hydrogen) atoms. The van der Waals surface area contributed by atoms with Gasteiger partial charge in [0.15, 0.2) is 0 Å². The van der Waals surface area contributed by atoms with Crippen LogP contribution in [0.4, 0.5) is 0 Å². The Kier molecular flexibility index (Phi) is 5.16. The van der Waals surface area contributed by atoms with Gasteiger partial charge in [-0.3, -0.25) is 0 Å². The zero-order valence-electron chi connectivity index (χ0n) is 12.2. The van der Waals surface area contributed by atoms with Crippen LogP contribution in [0.25, 0.3) is 11.6 Å². The summed E-state index contributed by atoms with van der Waals surface area (Å²) in [5.41, 5.74) is 2.26. The monoisotopic (exact) mass is 282 g/mol. The van der Waals surface area contributed by atoms with Crippen LogP contribution >= 0.6 is 0 Å². The third-order valence-corrected chi connectivity index (χ3v) is 2.98. The lowest BCUT2D eigenvalue weighted by Crippen LogP contribution is -2.06. The van der Waals surface area contributed by atoms with Gasteiger partial charge in [0.1, 0.15) is 5.75 Å². The number of rotatable bonds is 5. The van der Waals surface area contributed by atoms with Crippen LogP contribution in [0.15, 0.2) is 54.6 Å². The van der Waals surface area contributed by atoms with Crippen molar-refractivity contribution in [3.05, 3.63) is 65.7 Å². The van der Waals surface area contributed by atoms with Gasteiger partial charge < -0.3 is 9.47 Å². The molecule has 0 aliphatic heterocycles. The number of benzene rings is 2. The Balaban J connectivity index is 2.43. The van der Waals surface area contributed by atoms with Crippen LogP contribution in [0.3, 0.4) is 0 Å². The molecule has 0 atom stereocenters. The topological polar surface area (TPSA) is 35.5 Å². The molecule has 0 aromatic heterocycles. The normalized spacial score (nSPS) is 11.0. The third-order valence-electron chi connectivity index (χ3n) is 2.98. The fraction of sp³-hybridized carbons (Fsp3) is 0.167. The number of hydrogen-bond donors (Lipinski definition) is 0. The van der Waals surface area contributed by atoms with Crippen molar-refractivity contribution in [1.82, 2.24) is 0 Å². The largest absolute Gasteiger partial charge is 0.497 e. The third kappa shape index (κ3) is 3.96. The molecule has 108 valence electrons. The number of carbonyl (C=O) groups is 1. The molecule has 0 N–H and O–H groups in total. The van der Waals surface area contributed by atoms with Gasteiger partial charge in [0, 0.05) is 0 Å². The molecule has 0 heterocycles. The number of hydrogen-bond acceptors (Lipinski definition) is 3. The predicted molar refractivity (Wildman–Crippen MR) is 83.9 cm³/mol. The molecular formula is C18H18O3. The Bertz CT molecular complexity index is 630. The Morgan fingerprint density at radius 1 is 1.10 bits per heavy atom. The quantitative estimate of drug-likeness (QED) is 0.475. The SMILES string of the molecule is CCOC(=O)C(=Cc1cccc(OC)c1)c1ccccc1. The Morgan fingerprint density at radius 2 is 1.86 bits per heavy atom. The molecule has 0 amide bonds. The Hall–Kier alpha value is -2.55. The molecule has 0 spiro atoms. The number of carbonyl (C=O) groups excluding carboxylic acids is 1. The van der Waals surface area contributed by atoms with Crippen LogP contribution < -0.4 is 4.74 Å². The van der Waals surface area contributed by atoms with E-state index in [4.69, 9.17) is 9.47 Å². The first-order valence-corrected chi connectivity index (χ1v) is 6.83. The van der Waals surface area contributed by atoms with Crippen molar-refractivity contribution in [3.63, 3.8) is 0 Å². The molecule has 3 nitrogen and oxygen atoms in total. The highest BCUT2D eigenvalue weighted by Gasteiger charge is 2.13. The van der Waals surface area contributed by atoms with E-state index in [2.05, 4.69) is 0 Å². The van der Waals surface area contributed by atoms with E-state index in [0.717, 1.165) is 16.9 Å². The van der Waals surface area contributed by atoms with Gasteiger partial charge >= 0.3 is 5.97 Å². The summed E-state index contributed by atoms with van der Waals surface area (Å²) in [6.45, 7) is 2.15. The average Bonchev–Trinajstić information content (AvgIpc) is 2.54. The minimum Gasteiger partial charge on any atom is -0.497 e. The minimum absolute atomic E-state index is 0.327. The van der Waals surface area contributed by atoms with Crippen molar-refractivity contribution in [2.45, 2.75) is 6.92 Å². The highest BCUT2D eigenvalue weighted by molar-refractivity contribution is 6.21. The minimum atomic E-state index is -0.327. The van der Waals surface area contributed by atoms with Gasteiger partial charge in [0.2, 0.25) is 0 Å². The first-order chi connectivity index (χ1) is 10.2. The van der Waals surface area contributed by atoms with Gasteiger partial charge in [0.25, 0.3) is 0 Å². The molecule has 0 aliphatic carbocycles. The van der Waals surface area contributed by atoms with Crippen LogP contribution in [0.5, 0.6) is 5.75 Å². The van der Waals surface area contributed by atoms with Crippen molar-refractivity contribution in [2.75, 3.05) is 13.7 Å². The van der Waals surface area contributed by atoms with Crippen LogP contribution in [-0.2, 0) is 9.53 Å². The van der Waals surface area contributed by atoms with Crippen molar-refractivity contribution in [2.24, 2.45) is 0 Å². The fourth-order valence-electron chi connectivity index (χ4n) is 1.98. The molecule has 2 aromatic carbocycles. The summed E-state index contributed by atoms with van der Waals surface area (Å²) in [6, 6.07) is 17.0. The van der Waals surface area contributed by atoms with Crippen molar-refractivity contribution in [1.29, 1.82) is 0 Å². The Morgan fingerprint density at radius 3 is 2.52 bits per heavy atom. The number of methoxy groups -OCH3 is 1. The van der Waals surface area contributed by atoms with E-state index < -0.39 is 0 Å². The first-order valence-electron chi connectivity index (χ1n) is 6.83. The van der Waals surface area contributed by atoms with E-state index in [1.54, 1.807) is 14.0 Å². The lowest BCUT2D eigenvalue weighted by atomic mass is 10.0. The summed E-state index contributed by atoms with van der Waals surface area (Å²) in [4.78, 5) is 12.2. The van der Waals surface area contributed by atoms with Crippen molar-refractivity contribution >= 4 is 17.6 Å². The van der Waals surface area contributed by atoms with Gasteiger partial charge in [-0.05, 0) is 36.3 Å². The fourth-order valence-corrected chi connectivity index (χ4v) is 1.98. The zero-order valence-corrected chi connectivity index (χ0v) is 12.2. The summed E-state index contributed by atoms with van der Waals surface area (Å²) in [5.74, 6) is 0.423. The molecule has 0 bridgehead atoms. The zero-order chi connectivity index (χ0) is 15.1. The van der Waals surface area contributed by atoms with Crippen LogP contribution in [-0.4, -0.2) is 19.7 Å². The van der Waals surface area contributed by atoms with Gasteiger partial charge in [0.05, 0.1) is 19.3 Å². The lowest BCUT2D eigenvalue weighted by Gasteiger charge is -2.08. The maximum atomic E-state index is 12.2. The van der Waals surface area contributed by atoms with Gasteiger partial charge in [-0.1, -0.05) is 42.5 Å². The van der Waals surface area contributed by atoms with Crippen LogP contribution in [0.1, 0.15) is 18.1 Å². The summed E-state index contributed by atoms with van der Waals surface area (Å²) >= 11 is 0. The summed E-state index contributed by atoms with van der Waals surface area (Å²) < 4.78 is 10.4. The molecule has 0 saturated carbocycles. The predicted octanol–water partition coefficient (Wildman–Crippen LogP) is 3.80. The molecule has 2 aromatic rings. The van der Waals surface area contributed by atoms with Gasteiger partial charge in [-0.2, -0.15) is 0 Å². The molecule has 0 fully saturated rings. The second kappa shape index (κ2) is 7.29. The lowest BCUT2D eigenvalue weighted by molar-refractivity contribution is -0.136. The van der Waals surface area contributed by atoms with Crippen LogP contribution in [0.2, 0.25) is 0 Å². The highest BCUT2D eigenvalue weighted by atomic mass is 16.5. The second-order valence-corrected chi connectivity index (χ2v) is 4.42. The van der Waals surface area contributed by atoms with E-state index in [0.29, 0.717) is 12.2 Å². The molecule has 0 saturated heterocycles. The smallest absolute Gasteiger partial charge is 0.338 e. The van der Waals surface area contributed by atoms with E-state index in [1.807, 2.05) is 60.7 Å². The van der Waals surface area contributed by atoms with E-state index in [-0.39, 0.29) is 5.97 Å². The molecule has 2 rings (SSSR count). The number of ether oxygens (including phenoxy) is 2. The second-order valence-electron chi connectivity index (χ2n) is 4.42. The van der Waals surface area contributed by atoms with E-state index >= 15 is 0 Å². The first kappa shape index (κ1) is 14.9. The maximum absolute atomic E-state index is 12.2. The van der Waals surface area contributed by atoms with Gasteiger partial charge in [-0.15, -0.1) is 0 Å². The Labute approximate surface area is 124 Å². The molecule has 0 unspecified atom stereocenters.